The lowest BCUT2D eigenvalue weighted by Crippen LogP contribution is -2.52. The van der Waals surface area contributed by atoms with Crippen molar-refractivity contribution in [1.29, 1.82) is 0 Å². The molecular weight excluding hydrogens is 873 g/mol. The van der Waals surface area contributed by atoms with Gasteiger partial charge in [-0.1, -0.05) is 179 Å². The Morgan fingerprint density at radius 3 is 0.859 bits per heavy atom. The van der Waals surface area contributed by atoms with E-state index in [4.69, 9.17) is 0 Å². The van der Waals surface area contributed by atoms with Gasteiger partial charge in [-0.25, -0.2) is 0 Å². The zero-order valence-corrected chi connectivity index (χ0v) is 45.7. The summed E-state index contributed by atoms with van der Waals surface area (Å²) in [5.74, 6) is 0. The number of hydrogen-bond acceptors (Lipinski definition) is 0. The Kier molecular flexibility index (Phi) is 9.85. The van der Waals surface area contributed by atoms with Crippen molar-refractivity contribution in [2.24, 2.45) is 0 Å². The van der Waals surface area contributed by atoms with Crippen molar-refractivity contribution in [2.75, 3.05) is 0 Å². The largest absolute Gasteiger partial charge is 0.309 e. The van der Waals surface area contributed by atoms with Gasteiger partial charge in [0.1, 0.15) is 8.07 Å². The minimum absolute atomic E-state index is 0.0625. The molecule has 0 spiro atoms. The van der Waals surface area contributed by atoms with Crippen LogP contribution in [0.5, 0.6) is 0 Å². The van der Waals surface area contributed by atoms with Gasteiger partial charge in [0.15, 0.2) is 0 Å². The molecule has 8 aromatic carbocycles. The molecule has 71 heavy (non-hydrogen) atoms. The highest BCUT2D eigenvalue weighted by atomic mass is 28.3. The average molecular weight is 943 g/mol. The fourth-order valence-corrected chi connectivity index (χ4v) is 14.3. The third-order valence-electron chi connectivity index (χ3n) is 16.7. The summed E-state index contributed by atoms with van der Waals surface area (Å²) >= 11 is 0. The first kappa shape index (κ1) is 45.7. The number of aromatic nitrogens is 2. The highest BCUT2D eigenvalue weighted by molar-refractivity contribution is 7.00. The van der Waals surface area contributed by atoms with Gasteiger partial charge in [-0.05, 0) is 174 Å². The van der Waals surface area contributed by atoms with Crippen LogP contribution < -0.4 is 10.4 Å². The van der Waals surface area contributed by atoms with Gasteiger partial charge in [0.05, 0.1) is 22.1 Å². The Bertz CT molecular complexity index is 3480. The van der Waals surface area contributed by atoms with E-state index in [2.05, 4.69) is 251 Å². The van der Waals surface area contributed by atoms with Gasteiger partial charge in [-0.15, -0.1) is 0 Å². The fraction of sp³-hybridized carbons (Fsp3) is 0.294. The summed E-state index contributed by atoms with van der Waals surface area (Å²) in [5.41, 5.74) is 24.5. The second-order valence-electron chi connectivity index (χ2n) is 26.0. The maximum atomic E-state index is 2.58. The van der Waals surface area contributed by atoms with Crippen molar-refractivity contribution in [3.05, 3.63) is 190 Å². The third-order valence-corrected chi connectivity index (χ3v) is 20.2. The number of hydrogen-bond donors (Lipinski definition) is 0. The third kappa shape index (κ3) is 7.31. The second-order valence-corrected chi connectivity index (χ2v) is 30.4. The van der Waals surface area contributed by atoms with Crippen LogP contribution in [0.4, 0.5) is 0 Å². The molecule has 2 aliphatic rings. The summed E-state index contributed by atoms with van der Waals surface area (Å²) in [5, 5.41) is 8.30. The van der Waals surface area contributed by atoms with Crippen LogP contribution in [0.1, 0.15) is 128 Å². The van der Waals surface area contributed by atoms with Gasteiger partial charge in [0.2, 0.25) is 0 Å². The predicted octanol–water partition coefficient (Wildman–Crippen LogP) is 17.0. The molecule has 0 radical (unpaired) electrons. The van der Waals surface area contributed by atoms with Crippen molar-refractivity contribution < 1.29 is 0 Å². The monoisotopic (exact) mass is 943 g/mol. The first-order valence-electron chi connectivity index (χ1n) is 26.2. The molecule has 12 rings (SSSR count). The van der Waals surface area contributed by atoms with Crippen LogP contribution in [-0.4, -0.2) is 17.2 Å². The van der Waals surface area contributed by atoms with E-state index in [-0.39, 0.29) is 21.7 Å². The normalized spacial score (nSPS) is 13.9. The average Bonchev–Trinajstić information content (AvgIpc) is 4.06. The molecule has 0 atom stereocenters. The number of fused-ring (bicyclic) bond motifs is 12. The van der Waals surface area contributed by atoms with E-state index in [1.54, 1.807) is 0 Å². The number of nitrogens with zero attached hydrogens (tertiary/aromatic N) is 2. The van der Waals surface area contributed by atoms with Crippen molar-refractivity contribution in [1.82, 2.24) is 9.13 Å². The van der Waals surface area contributed by atoms with Crippen LogP contribution in [0.3, 0.4) is 0 Å². The Morgan fingerprint density at radius 2 is 0.577 bits per heavy atom. The molecule has 2 heterocycles. The molecule has 10 aromatic rings. The van der Waals surface area contributed by atoms with Gasteiger partial charge in [-0.3, -0.25) is 0 Å². The highest BCUT2D eigenvalue weighted by Crippen LogP contribution is 2.44. The molecule has 0 fully saturated rings. The molecule has 0 saturated heterocycles. The van der Waals surface area contributed by atoms with Gasteiger partial charge < -0.3 is 9.13 Å². The molecule has 0 unspecified atom stereocenters. The van der Waals surface area contributed by atoms with Crippen LogP contribution in [0.15, 0.2) is 146 Å². The first-order chi connectivity index (χ1) is 33.4. The molecule has 0 saturated carbocycles. The Hall–Kier alpha value is -6.42. The molecule has 2 nitrogen and oxygen atoms in total. The van der Waals surface area contributed by atoms with Gasteiger partial charge >= 0.3 is 0 Å². The summed E-state index contributed by atoms with van der Waals surface area (Å²) in [6, 6.07) is 58.1. The van der Waals surface area contributed by atoms with E-state index in [1.807, 2.05) is 0 Å². The smallest absolute Gasteiger partial charge is 0.112 e. The van der Waals surface area contributed by atoms with Crippen molar-refractivity contribution in [3.8, 4) is 33.6 Å². The Balaban J connectivity index is 0.928. The van der Waals surface area contributed by atoms with Crippen LogP contribution in [0, 0.1) is 0 Å². The van der Waals surface area contributed by atoms with E-state index in [0.717, 1.165) is 12.8 Å². The number of benzene rings is 8. The minimum Gasteiger partial charge on any atom is -0.309 e. The van der Waals surface area contributed by atoms with Gasteiger partial charge in [0, 0.05) is 32.9 Å². The lowest BCUT2D eigenvalue weighted by molar-refractivity contribution is 0.590. The standard InChI is InChI=1S/C68H70N2Si/c1-65(2,3)45-19-27-61-57(33-45)58-34-46(66(4,5)6)20-28-62(58)69(61)49-23-15-41-31-43-17-25-51(39-55(43)53(41)37-49)71(13,14)52-26-18-44-32-42-16-24-50(38-54(42)56(44)40-52)70-63-29-21-47(67(7,8)9)35-59(63)60-36-48(68(10,11)12)22-30-64(60)70/h15-30,33-40H,31-32H2,1-14H3. The second kappa shape index (κ2) is 15.3. The molecule has 3 heteroatoms. The minimum atomic E-state index is -2.16. The molecule has 0 N–H and O–H groups in total. The highest BCUT2D eigenvalue weighted by Gasteiger charge is 2.32. The van der Waals surface area contributed by atoms with E-state index < -0.39 is 8.07 Å². The molecule has 0 amide bonds. The van der Waals surface area contributed by atoms with Crippen molar-refractivity contribution in [3.63, 3.8) is 0 Å². The maximum Gasteiger partial charge on any atom is 0.112 e. The first-order valence-corrected chi connectivity index (χ1v) is 29.2. The maximum absolute atomic E-state index is 2.58. The Morgan fingerprint density at radius 1 is 0.310 bits per heavy atom. The lowest BCUT2D eigenvalue weighted by Gasteiger charge is -2.25. The van der Waals surface area contributed by atoms with E-state index in [1.165, 1.54) is 132 Å². The van der Waals surface area contributed by atoms with Crippen LogP contribution in [0.25, 0.3) is 77.2 Å². The van der Waals surface area contributed by atoms with Crippen LogP contribution in [0.2, 0.25) is 13.1 Å². The fourth-order valence-electron chi connectivity index (χ4n) is 12.0. The molecule has 356 valence electrons. The molecule has 2 aliphatic carbocycles. The predicted molar refractivity (Wildman–Crippen MR) is 310 cm³/mol. The van der Waals surface area contributed by atoms with E-state index in [0.29, 0.717) is 0 Å². The summed E-state index contributed by atoms with van der Waals surface area (Å²) in [6.07, 6.45) is 1.95. The van der Waals surface area contributed by atoms with Crippen LogP contribution >= 0.6 is 0 Å². The molecule has 2 aromatic heterocycles. The summed E-state index contributed by atoms with van der Waals surface area (Å²) in [7, 11) is -2.16. The van der Waals surface area contributed by atoms with Gasteiger partial charge in [-0.2, -0.15) is 0 Å². The molecular formula is C68H70N2Si. The quantitative estimate of drug-likeness (QED) is 0.156. The SMILES string of the molecule is CC(C)(C)c1ccc2c(c1)c1cc(C(C)(C)C)ccc1n2-c1ccc2c(c1)-c1cc([Si](C)(C)c3ccc4c(c3)-c3cc(-n5c6ccc(C(C)(C)C)cc6c6cc(C(C)(C)C)ccc65)ccc3C4)ccc1C2. The molecule has 0 aliphatic heterocycles. The van der Waals surface area contributed by atoms with Crippen molar-refractivity contribution in [2.45, 2.75) is 131 Å². The summed E-state index contributed by atoms with van der Waals surface area (Å²) in [6.45, 7) is 33.0. The van der Waals surface area contributed by atoms with Gasteiger partial charge in [0.25, 0.3) is 0 Å². The summed E-state index contributed by atoms with van der Waals surface area (Å²) < 4.78 is 5.04. The zero-order valence-electron chi connectivity index (χ0n) is 44.7. The zero-order chi connectivity index (χ0) is 49.9. The number of rotatable bonds is 4. The summed E-state index contributed by atoms with van der Waals surface area (Å²) in [4.78, 5) is 0. The van der Waals surface area contributed by atoms with Crippen LogP contribution in [-0.2, 0) is 34.5 Å². The van der Waals surface area contributed by atoms with E-state index in [9.17, 15) is 0 Å². The molecule has 0 bridgehead atoms. The Labute approximate surface area is 423 Å². The topological polar surface area (TPSA) is 9.86 Å². The lowest BCUT2D eigenvalue weighted by atomic mass is 9.85. The van der Waals surface area contributed by atoms with Crippen molar-refractivity contribution >= 4 is 62.1 Å². The van der Waals surface area contributed by atoms with E-state index >= 15 is 0 Å².